The Balaban J connectivity index is 2.58. The average Bonchev–Trinajstić information content (AvgIpc) is 2.45. The quantitative estimate of drug-likeness (QED) is 0.731. The lowest BCUT2D eigenvalue weighted by Gasteiger charge is -2.11. The molecule has 1 aromatic carbocycles. The molecule has 110 valence electrons. The summed E-state index contributed by atoms with van der Waals surface area (Å²) in [4.78, 5) is 23.2. The lowest BCUT2D eigenvalue weighted by Crippen LogP contribution is -2.39. The monoisotopic (exact) mass is 280 g/mol. The summed E-state index contributed by atoms with van der Waals surface area (Å²) in [6.07, 6.45) is 0.775. The van der Waals surface area contributed by atoms with Crippen molar-refractivity contribution >= 4 is 17.6 Å². The maximum absolute atomic E-state index is 11.7. The fraction of sp³-hybridized carbons (Fsp3) is 0.429. The number of amides is 1. The van der Waals surface area contributed by atoms with Crippen molar-refractivity contribution in [2.75, 3.05) is 25.6 Å². The molecule has 20 heavy (non-hydrogen) atoms. The van der Waals surface area contributed by atoms with E-state index in [0.29, 0.717) is 17.9 Å². The van der Waals surface area contributed by atoms with Gasteiger partial charge in [-0.05, 0) is 30.7 Å². The van der Waals surface area contributed by atoms with Crippen molar-refractivity contribution in [2.45, 2.75) is 19.4 Å². The number of methoxy groups -OCH3 is 1. The van der Waals surface area contributed by atoms with Gasteiger partial charge in [-0.15, -0.1) is 0 Å². The Hall–Kier alpha value is -1.92. The SMILES string of the molecule is CCCOC(=O)c1ccc(NC(=O)C(N)COC)cc1. The van der Waals surface area contributed by atoms with Crippen LogP contribution in [0.4, 0.5) is 5.69 Å². The van der Waals surface area contributed by atoms with Crippen molar-refractivity contribution < 1.29 is 19.1 Å². The van der Waals surface area contributed by atoms with Crippen LogP contribution >= 0.6 is 0 Å². The van der Waals surface area contributed by atoms with E-state index in [4.69, 9.17) is 15.2 Å². The predicted octanol–water partition coefficient (Wildman–Crippen LogP) is 1.17. The molecular formula is C14H20N2O4. The summed E-state index contributed by atoms with van der Waals surface area (Å²) in [6.45, 7) is 2.46. The average molecular weight is 280 g/mol. The zero-order valence-corrected chi connectivity index (χ0v) is 11.7. The number of anilines is 1. The molecule has 0 aromatic heterocycles. The van der Waals surface area contributed by atoms with Crippen LogP contribution in [0.3, 0.4) is 0 Å². The van der Waals surface area contributed by atoms with E-state index in [-0.39, 0.29) is 18.5 Å². The second kappa shape index (κ2) is 8.29. The number of carbonyl (C=O) groups excluding carboxylic acids is 2. The first-order valence-corrected chi connectivity index (χ1v) is 6.41. The van der Waals surface area contributed by atoms with E-state index < -0.39 is 6.04 Å². The molecule has 0 radical (unpaired) electrons. The molecule has 1 aromatic rings. The van der Waals surface area contributed by atoms with Gasteiger partial charge >= 0.3 is 5.97 Å². The van der Waals surface area contributed by atoms with E-state index in [1.807, 2.05) is 6.92 Å². The van der Waals surface area contributed by atoms with Crippen LogP contribution in [-0.4, -0.2) is 38.2 Å². The van der Waals surface area contributed by atoms with Gasteiger partial charge in [0.2, 0.25) is 5.91 Å². The van der Waals surface area contributed by atoms with Crippen molar-refractivity contribution in [1.82, 2.24) is 0 Å². The number of carbonyl (C=O) groups is 2. The van der Waals surface area contributed by atoms with Gasteiger partial charge in [-0.1, -0.05) is 6.92 Å². The van der Waals surface area contributed by atoms with E-state index in [0.717, 1.165) is 6.42 Å². The minimum absolute atomic E-state index is 0.146. The van der Waals surface area contributed by atoms with Gasteiger partial charge in [-0.25, -0.2) is 4.79 Å². The molecule has 1 atom stereocenters. The molecule has 3 N–H and O–H groups in total. The van der Waals surface area contributed by atoms with E-state index in [1.54, 1.807) is 24.3 Å². The molecule has 1 amide bonds. The number of ether oxygens (including phenoxy) is 2. The highest BCUT2D eigenvalue weighted by atomic mass is 16.5. The largest absolute Gasteiger partial charge is 0.462 e. The number of rotatable bonds is 7. The molecule has 0 fully saturated rings. The lowest BCUT2D eigenvalue weighted by atomic mass is 10.2. The molecule has 0 aliphatic heterocycles. The number of hydrogen-bond donors (Lipinski definition) is 2. The van der Waals surface area contributed by atoms with Crippen molar-refractivity contribution in [3.8, 4) is 0 Å². The molecule has 0 saturated carbocycles. The van der Waals surface area contributed by atoms with Crippen molar-refractivity contribution in [1.29, 1.82) is 0 Å². The first-order chi connectivity index (χ1) is 9.58. The predicted molar refractivity (Wildman–Crippen MR) is 75.5 cm³/mol. The highest BCUT2D eigenvalue weighted by Gasteiger charge is 2.13. The van der Waals surface area contributed by atoms with Gasteiger partial charge in [0.15, 0.2) is 0 Å². The molecule has 0 aliphatic carbocycles. The van der Waals surface area contributed by atoms with Gasteiger partial charge in [-0.2, -0.15) is 0 Å². The van der Waals surface area contributed by atoms with Gasteiger partial charge in [0.1, 0.15) is 6.04 Å². The van der Waals surface area contributed by atoms with Crippen LogP contribution in [0.15, 0.2) is 24.3 Å². The second-order valence-electron chi connectivity index (χ2n) is 4.26. The van der Waals surface area contributed by atoms with Crippen molar-refractivity contribution in [2.24, 2.45) is 5.73 Å². The van der Waals surface area contributed by atoms with Crippen molar-refractivity contribution in [3.63, 3.8) is 0 Å². The molecule has 0 aliphatic rings. The maximum atomic E-state index is 11.7. The maximum Gasteiger partial charge on any atom is 0.338 e. The van der Waals surface area contributed by atoms with Gasteiger partial charge < -0.3 is 20.5 Å². The molecular weight excluding hydrogens is 260 g/mol. The number of nitrogens with one attached hydrogen (secondary N) is 1. The number of benzene rings is 1. The summed E-state index contributed by atoms with van der Waals surface area (Å²) >= 11 is 0. The zero-order chi connectivity index (χ0) is 15.0. The standard InChI is InChI=1S/C14H20N2O4/c1-3-8-20-14(18)10-4-6-11(7-5-10)16-13(17)12(15)9-19-2/h4-7,12H,3,8-9,15H2,1-2H3,(H,16,17). The molecule has 6 nitrogen and oxygen atoms in total. The minimum atomic E-state index is -0.728. The fourth-order valence-electron chi connectivity index (χ4n) is 1.46. The third kappa shape index (κ3) is 4.99. The van der Waals surface area contributed by atoms with Gasteiger partial charge in [0, 0.05) is 12.8 Å². The van der Waals surface area contributed by atoms with E-state index in [1.165, 1.54) is 7.11 Å². The first kappa shape index (κ1) is 16.1. The van der Waals surface area contributed by atoms with Crippen LogP contribution in [0.25, 0.3) is 0 Å². The van der Waals surface area contributed by atoms with Crippen molar-refractivity contribution in [3.05, 3.63) is 29.8 Å². The Morgan fingerprint density at radius 3 is 2.50 bits per heavy atom. The smallest absolute Gasteiger partial charge is 0.338 e. The Morgan fingerprint density at radius 2 is 1.95 bits per heavy atom. The summed E-state index contributed by atoms with van der Waals surface area (Å²) < 4.78 is 9.81. The summed E-state index contributed by atoms with van der Waals surface area (Å²) in [5.74, 6) is -0.714. The number of esters is 1. The van der Waals surface area contributed by atoms with Gasteiger partial charge in [-0.3, -0.25) is 4.79 Å². The molecule has 1 unspecified atom stereocenters. The summed E-state index contributed by atoms with van der Waals surface area (Å²) in [6, 6.07) is 5.71. The third-order valence-corrected chi connectivity index (χ3v) is 2.51. The minimum Gasteiger partial charge on any atom is -0.462 e. The lowest BCUT2D eigenvalue weighted by molar-refractivity contribution is -0.118. The van der Waals surface area contributed by atoms with Gasteiger partial charge in [0.25, 0.3) is 0 Å². The second-order valence-corrected chi connectivity index (χ2v) is 4.26. The number of hydrogen-bond acceptors (Lipinski definition) is 5. The molecule has 0 spiro atoms. The molecule has 6 heteroatoms. The fourth-order valence-corrected chi connectivity index (χ4v) is 1.46. The van der Waals surface area contributed by atoms with Crippen LogP contribution in [0.5, 0.6) is 0 Å². The summed E-state index contributed by atoms with van der Waals surface area (Å²) in [5.41, 5.74) is 6.60. The Morgan fingerprint density at radius 1 is 1.30 bits per heavy atom. The summed E-state index contributed by atoms with van der Waals surface area (Å²) in [5, 5.41) is 2.64. The third-order valence-electron chi connectivity index (χ3n) is 2.51. The summed E-state index contributed by atoms with van der Waals surface area (Å²) in [7, 11) is 1.48. The van der Waals surface area contributed by atoms with E-state index in [2.05, 4.69) is 5.32 Å². The van der Waals surface area contributed by atoms with Gasteiger partial charge in [0.05, 0.1) is 18.8 Å². The van der Waals surface area contributed by atoms with Crippen LogP contribution < -0.4 is 11.1 Å². The highest BCUT2D eigenvalue weighted by Crippen LogP contribution is 2.11. The molecule has 0 saturated heterocycles. The molecule has 0 bridgehead atoms. The zero-order valence-electron chi connectivity index (χ0n) is 11.7. The van der Waals surface area contributed by atoms with Crippen LogP contribution in [-0.2, 0) is 14.3 Å². The van der Waals surface area contributed by atoms with E-state index in [9.17, 15) is 9.59 Å². The highest BCUT2D eigenvalue weighted by molar-refractivity contribution is 5.95. The van der Waals surface area contributed by atoms with Crippen LogP contribution in [0.1, 0.15) is 23.7 Å². The molecule has 0 heterocycles. The Labute approximate surface area is 118 Å². The topological polar surface area (TPSA) is 90.7 Å². The van der Waals surface area contributed by atoms with Crippen LogP contribution in [0.2, 0.25) is 0 Å². The molecule has 1 rings (SSSR count). The van der Waals surface area contributed by atoms with Crippen LogP contribution in [0, 0.1) is 0 Å². The Bertz CT molecular complexity index is 445. The first-order valence-electron chi connectivity index (χ1n) is 6.41. The normalized spacial score (nSPS) is 11.8. The Kier molecular flexibility index (Phi) is 6.69. The van der Waals surface area contributed by atoms with E-state index >= 15 is 0 Å². The number of nitrogens with two attached hydrogens (primary N) is 1.